The van der Waals surface area contributed by atoms with Gasteiger partial charge in [-0.15, -0.1) is 34.0 Å². The van der Waals surface area contributed by atoms with Crippen LogP contribution in [0, 0.1) is 0 Å². The van der Waals surface area contributed by atoms with E-state index in [2.05, 4.69) is 115 Å². The second-order valence-electron chi connectivity index (χ2n) is 12.5. The van der Waals surface area contributed by atoms with Crippen LogP contribution in [0.2, 0.25) is 0 Å². The van der Waals surface area contributed by atoms with E-state index >= 15 is 0 Å². The van der Waals surface area contributed by atoms with Crippen LogP contribution in [0.3, 0.4) is 0 Å². The molecule has 1 aliphatic carbocycles. The fraction of sp³-hybridized carbons (Fsp3) is 0.444. The van der Waals surface area contributed by atoms with Gasteiger partial charge in [0.2, 0.25) is 10.8 Å². The second kappa shape index (κ2) is 13.1. The number of carbonyl (C=O) groups is 1. The van der Waals surface area contributed by atoms with Gasteiger partial charge < -0.3 is 10.0 Å². The Balaban J connectivity index is 1.54. The van der Waals surface area contributed by atoms with Crippen LogP contribution in [-0.4, -0.2) is 44.7 Å². The molecule has 4 heterocycles. The molecule has 0 bridgehead atoms. The highest BCUT2D eigenvalue weighted by Crippen LogP contribution is 2.46. The number of aryl methyl sites for hydroxylation is 2. The molecule has 0 amide bonds. The number of thioether (sulfide) groups is 1. The van der Waals surface area contributed by atoms with Gasteiger partial charge in [0.05, 0.1) is 16.1 Å². The van der Waals surface area contributed by atoms with Gasteiger partial charge in [-0.1, -0.05) is 13.8 Å². The predicted octanol–water partition coefficient (Wildman–Crippen LogP) is 8.63. The minimum atomic E-state index is -0.0521. The number of hydrogen-bond acceptors (Lipinski definition) is 7. The highest BCUT2D eigenvalue weighted by molar-refractivity contribution is 8.22. The Bertz CT molecular complexity index is 1790. The van der Waals surface area contributed by atoms with Gasteiger partial charge in [0.1, 0.15) is 17.8 Å². The maximum absolute atomic E-state index is 13.7. The molecular formula is C36H45N2O2S4+. The van der Waals surface area contributed by atoms with Crippen molar-refractivity contribution in [2.75, 3.05) is 4.90 Å². The average molecular weight is 666 g/mol. The molecule has 0 fully saturated rings. The molecule has 44 heavy (non-hydrogen) atoms. The van der Waals surface area contributed by atoms with E-state index in [1.165, 1.54) is 40.4 Å². The van der Waals surface area contributed by atoms with Crippen molar-refractivity contribution < 1.29 is 14.5 Å². The van der Waals surface area contributed by atoms with Crippen molar-refractivity contribution in [3.63, 3.8) is 0 Å². The number of allylic oxidation sites excluding steroid dienone is 2. The Labute approximate surface area is 278 Å². The van der Waals surface area contributed by atoms with Gasteiger partial charge >= 0.3 is 0 Å². The van der Waals surface area contributed by atoms with Crippen LogP contribution in [-0.2, 0) is 17.6 Å². The van der Waals surface area contributed by atoms with Crippen molar-refractivity contribution in [1.82, 2.24) is 0 Å². The van der Waals surface area contributed by atoms with Crippen LogP contribution in [0.4, 0.5) is 5.00 Å². The van der Waals surface area contributed by atoms with Crippen molar-refractivity contribution in [2.45, 2.75) is 106 Å². The minimum Gasteiger partial charge on any atom is -0.506 e. The summed E-state index contributed by atoms with van der Waals surface area (Å²) in [6.07, 6.45) is 6.17. The number of aliphatic hydroxyl groups excluding tert-OH is 1. The van der Waals surface area contributed by atoms with Crippen LogP contribution in [0.15, 0.2) is 42.2 Å². The Morgan fingerprint density at radius 2 is 1.45 bits per heavy atom. The first-order chi connectivity index (χ1) is 20.9. The molecule has 3 aromatic heterocycles. The normalized spacial score (nSPS) is 17.8. The molecule has 1 aliphatic heterocycles. The van der Waals surface area contributed by atoms with Crippen LogP contribution >= 0.6 is 45.8 Å². The van der Waals surface area contributed by atoms with Gasteiger partial charge in [-0.25, -0.2) is 4.58 Å². The Kier molecular flexibility index (Phi) is 9.86. The fourth-order valence-corrected chi connectivity index (χ4v) is 11.7. The maximum atomic E-state index is 13.7. The van der Waals surface area contributed by atoms with Crippen molar-refractivity contribution in [3.8, 4) is 9.75 Å². The van der Waals surface area contributed by atoms with Crippen LogP contribution in [0.25, 0.3) is 25.8 Å². The smallest absolute Gasteiger partial charge is 0.240 e. The fourth-order valence-electron chi connectivity index (χ4n) is 6.29. The number of Topliss-reactive ketones (excluding diaryl/α,β-unsaturated/α-hetero) is 1. The van der Waals surface area contributed by atoms with E-state index in [1.807, 2.05) is 23.1 Å². The molecule has 4 nitrogen and oxygen atoms in total. The SMILES string of the molecule is CCc1cc(C2=C(O)/C(=c3\cc(CC)/c(=C4/C=CC(=[N+](C(C)C)C(C)C)S4)s3)C2=O)sc1-c1ccc(N(C(C)C)C(C)C)s1. The van der Waals surface area contributed by atoms with E-state index in [4.69, 9.17) is 0 Å². The number of rotatable bonds is 9. The standard InChI is InChI=1S/C36H44N2O2S4/c1-11-23-17-27(43-35(23)25-13-15-29(41-25)37(19(3)4)20(5)6)31-33(39)32(34(31)40)28-18-24(12-2)36(44-28)26-14-16-30(42-26)38(21(7)8)22(9)10/h13-22H,11-12H2,1-10H3/p+1. The van der Waals surface area contributed by atoms with Crippen LogP contribution in [0.1, 0.15) is 85.2 Å². The summed E-state index contributed by atoms with van der Waals surface area (Å²) in [7, 11) is 0. The first-order valence-electron chi connectivity index (χ1n) is 15.8. The quantitative estimate of drug-likeness (QED) is 0.233. The molecule has 0 unspecified atom stereocenters. The number of anilines is 1. The average Bonchev–Trinajstić information content (AvgIpc) is 3.74. The van der Waals surface area contributed by atoms with E-state index < -0.39 is 0 Å². The Hall–Kier alpha value is -2.39. The highest BCUT2D eigenvalue weighted by Gasteiger charge is 2.37. The van der Waals surface area contributed by atoms with Gasteiger partial charge in [-0.2, -0.15) is 0 Å². The molecule has 8 heteroatoms. The molecule has 0 saturated carbocycles. The molecule has 0 radical (unpaired) electrons. The van der Waals surface area contributed by atoms with Gasteiger partial charge in [0, 0.05) is 46.8 Å². The lowest BCUT2D eigenvalue weighted by Crippen LogP contribution is -2.36. The zero-order chi connectivity index (χ0) is 32.0. The largest absolute Gasteiger partial charge is 0.506 e. The van der Waals surface area contributed by atoms with E-state index in [1.54, 1.807) is 22.7 Å². The van der Waals surface area contributed by atoms with Gasteiger partial charge in [-0.05, 0) is 121 Å². The van der Waals surface area contributed by atoms with E-state index in [0.717, 1.165) is 22.3 Å². The molecular weight excluding hydrogens is 621 g/mol. The topological polar surface area (TPSA) is 43.6 Å². The Morgan fingerprint density at radius 3 is 2.02 bits per heavy atom. The molecule has 5 rings (SSSR count). The lowest BCUT2D eigenvalue weighted by atomic mass is 9.87. The van der Waals surface area contributed by atoms with Crippen molar-refractivity contribution >= 4 is 77.7 Å². The van der Waals surface area contributed by atoms with Crippen LogP contribution in [0.5, 0.6) is 0 Å². The van der Waals surface area contributed by atoms with Crippen molar-refractivity contribution in [1.29, 1.82) is 0 Å². The number of carbonyl (C=O) groups excluding carboxylic acids is 1. The summed E-state index contributed by atoms with van der Waals surface area (Å²) >= 11 is 6.87. The maximum Gasteiger partial charge on any atom is 0.240 e. The number of ketones is 1. The van der Waals surface area contributed by atoms with Crippen molar-refractivity contribution in [2.24, 2.45) is 0 Å². The van der Waals surface area contributed by atoms with Gasteiger partial charge in [0.25, 0.3) is 0 Å². The lowest BCUT2D eigenvalue weighted by molar-refractivity contribution is -0.584. The molecule has 234 valence electrons. The number of thiophene rings is 3. The number of aliphatic hydroxyl groups is 1. The summed E-state index contributed by atoms with van der Waals surface area (Å²) in [5, 5.41) is 13.9. The van der Waals surface area contributed by atoms with Crippen molar-refractivity contribution in [3.05, 3.63) is 67.2 Å². The molecule has 0 spiro atoms. The summed E-state index contributed by atoms with van der Waals surface area (Å²) in [5.74, 6) is 0.0833. The monoisotopic (exact) mass is 665 g/mol. The third-order valence-electron chi connectivity index (χ3n) is 8.17. The predicted molar refractivity (Wildman–Crippen MR) is 196 cm³/mol. The molecule has 0 saturated heterocycles. The third kappa shape index (κ3) is 5.95. The van der Waals surface area contributed by atoms with E-state index in [9.17, 15) is 9.90 Å². The number of nitrogens with zero attached hydrogens (tertiary/aromatic N) is 2. The zero-order valence-corrected chi connectivity index (χ0v) is 30.8. The van der Waals surface area contributed by atoms with Gasteiger partial charge in [-0.3, -0.25) is 4.79 Å². The van der Waals surface area contributed by atoms with Gasteiger partial charge in [0.15, 0.2) is 0 Å². The first kappa shape index (κ1) is 33.0. The van der Waals surface area contributed by atoms with Crippen LogP contribution < -0.4 is 14.0 Å². The summed E-state index contributed by atoms with van der Waals surface area (Å²) < 4.78 is 4.51. The summed E-state index contributed by atoms with van der Waals surface area (Å²) in [6.45, 7) is 22.2. The minimum absolute atomic E-state index is 0.0521. The second-order valence-corrected chi connectivity index (χ2v) is 16.8. The summed E-state index contributed by atoms with van der Waals surface area (Å²) in [6, 6.07) is 10.3. The first-order valence-corrected chi connectivity index (χ1v) is 19.0. The molecule has 0 atom stereocenters. The molecule has 0 aromatic carbocycles. The third-order valence-corrected chi connectivity index (χ3v) is 13.1. The Morgan fingerprint density at radius 1 is 0.795 bits per heavy atom. The lowest BCUT2D eigenvalue weighted by Gasteiger charge is -2.31. The van der Waals surface area contributed by atoms with E-state index in [0.29, 0.717) is 35.3 Å². The molecule has 3 aromatic rings. The zero-order valence-electron chi connectivity index (χ0n) is 27.6. The highest BCUT2D eigenvalue weighted by atomic mass is 32.2. The molecule has 1 N–H and O–H groups in total. The summed E-state index contributed by atoms with van der Waals surface area (Å²) in [5.41, 5.74) is 3.37. The summed E-state index contributed by atoms with van der Waals surface area (Å²) in [4.78, 5) is 20.6. The van der Waals surface area contributed by atoms with E-state index in [-0.39, 0.29) is 11.5 Å². The molecule has 2 aliphatic rings. The number of hydrogen-bond donors (Lipinski definition) is 1.